The van der Waals surface area contributed by atoms with Gasteiger partial charge in [-0.2, -0.15) is 9.97 Å². The molecule has 0 atom stereocenters. The van der Waals surface area contributed by atoms with E-state index < -0.39 is 0 Å². The maximum absolute atomic E-state index is 5.74. The van der Waals surface area contributed by atoms with Crippen molar-refractivity contribution < 1.29 is 4.52 Å². The minimum Gasteiger partial charge on any atom is -0.358 e. The zero-order chi connectivity index (χ0) is 11.5. The van der Waals surface area contributed by atoms with Crippen LogP contribution in [0, 0.1) is 6.92 Å². The van der Waals surface area contributed by atoms with E-state index in [2.05, 4.69) is 30.6 Å². The summed E-state index contributed by atoms with van der Waals surface area (Å²) in [6, 6.07) is 0. The van der Waals surface area contributed by atoms with Crippen LogP contribution in [0.1, 0.15) is 11.7 Å². The van der Waals surface area contributed by atoms with Gasteiger partial charge in [-0.25, -0.2) is 0 Å². The Morgan fingerprint density at radius 2 is 2.06 bits per heavy atom. The molecule has 0 fully saturated rings. The lowest BCUT2D eigenvalue weighted by Gasteiger charge is -2.02. The average Bonchev–Trinajstić information content (AvgIpc) is 2.66. The van der Waals surface area contributed by atoms with E-state index in [1.807, 2.05) is 0 Å². The molecule has 0 spiro atoms. The van der Waals surface area contributed by atoms with Crippen molar-refractivity contribution in [1.82, 2.24) is 25.3 Å². The molecule has 7 nitrogen and oxygen atoms in total. The second-order valence-electron chi connectivity index (χ2n) is 2.81. The van der Waals surface area contributed by atoms with Crippen molar-refractivity contribution in [1.29, 1.82) is 0 Å². The third-order valence-corrected chi connectivity index (χ3v) is 2.01. The summed E-state index contributed by atoms with van der Waals surface area (Å²) in [6.45, 7) is 2.01. The van der Waals surface area contributed by atoms with Crippen LogP contribution in [0.5, 0.6) is 0 Å². The quantitative estimate of drug-likeness (QED) is 0.894. The van der Waals surface area contributed by atoms with Crippen LogP contribution in [0.2, 0.25) is 10.4 Å². The van der Waals surface area contributed by atoms with E-state index >= 15 is 0 Å². The largest absolute Gasteiger partial charge is 0.358 e. The van der Waals surface area contributed by atoms with Gasteiger partial charge in [-0.3, -0.25) is 0 Å². The van der Waals surface area contributed by atoms with Crippen LogP contribution in [0.15, 0.2) is 4.52 Å². The van der Waals surface area contributed by atoms with Gasteiger partial charge in [-0.05, 0) is 18.5 Å². The molecule has 9 heteroatoms. The molecule has 0 unspecified atom stereocenters. The number of anilines is 1. The zero-order valence-corrected chi connectivity index (χ0v) is 9.62. The molecular formula is C7H6Cl2N6O. The van der Waals surface area contributed by atoms with Crippen LogP contribution in [0.25, 0.3) is 0 Å². The monoisotopic (exact) mass is 260 g/mol. The van der Waals surface area contributed by atoms with Gasteiger partial charge >= 0.3 is 0 Å². The van der Waals surface area contributed by atoms with E-state index in [0.29, 0.717) is 17.5 Å². The van der Waals surface area contributed by atoms with Crippen LogP contribution in [-0.4, -0.2) is 25.3 Å². The Bertz CT molecular complexity index is 501. The van der Waals surface area contributed by atoms with E-state index in [1.54, 1.807) is 6.92 Å². The molecular weight excluding hydrogens is 255 g/mol. The first-order chi connectivity index (χ1) is 7.65. The molecule has 0 saturated carbocycles. The first kappa shape index (κ1) is 11.0. The fourth-order valence-electron chi connectivity index (χ4n) is 0.977. The Morgan fingerprint density at radius 3 is 2.75 bits per heavy atom. The van der Waals surface area contributed by atoms with E-state index in [-0.39, 0.29) is 17.0 Å². The lowest BCUT2D eigenvalue weighted by molar-refractivity contribution is 0.379. The maximum atomic E-state index is 5.74. The normalized spacial score (nSPS) is 10.4. The molecule has 2 aromatic heterocycles. The summed E-state index contributed by atoms with van der Waals surface area (Å²) in [5.74, 6) is 1.29. The van der Waals surface area contributed by atoms with Gasteiger partial charge in [-0.1, -0.05) is 16.8 Å². The minimum atomic E-state index is 0.00797. The Hall–Kier alpha value is -1.47. The fourth-order valence-corrected chi connectivity index (χ4v) is 1.25. The Labute approximate surface area is 100 Å². The summed E-state index contributed by atoms with van der Waals surface area (Å²) in [7, 11) is 0. The molecule has 0 aliphatic heterocycles. The smallest absolute Gasteiger partial charge is 0.245 e. The number of aryl methyl sites for hydroxylation is 1. The molecule has 0 aliphatic rings. The second kappa shape index (κ2) is 4.58. The highest BCUT2D eigenvalue weighted by molar-refractivity contribution is 6.32. The summed E-state index contributed by atoms with van der Waals surface area (Å²) < 4.78 is 4.89. The standard InChI is InChI=1S/C7H6Cl2N6O/c1-3-11-4(16-15-3)2-10-6-5(8)13-14-7(9)12-6/h2H2,1H3,(H,10,12,14). The van der Waals surface area contributed by atoms with Gasteiger partial charge in [0.15, 0.2) is 16.8 Å². The summed E-state index contributed by atoms with van der Waals surface area (Å²) in [4.78, 5) is 7.85. The highest BCUT2D eigenvalue weighted by Gasteiger charge is 2.08. The van der Waals surface area contributed by atoms with Crippen molar-refractivity contribution in [3.8, 4) is 0 Å². The summed E-state index contributed by atoms with van der Waals surface area (Å²) in [6.07, 6.45) is 0. The molecule has 0 amide bonds. The molecule has 2 heterocycles. The number of aromatic nitrogens is 5. The molecule has 1 N–H and O–H groups in total. The molecule has 0 aliphatic carbocycles. The average molecular weight is 261 g/mol. The molecule has 0 bridgehead atoms. The van der Waals surface area contributed by atoms with Gasteiger partial charge in [0, 0.05) is 0 Å². The highest BCUT2D eigenvalue weighted by Crippen LogP contribution is 2.16. The molecule has 0 saturated heterocycles. The Morgan fingerprint density at radius 1 is 1.25 bits per heavy atom. The molecule has 2 aromatic rings. The highest BCUT2D eigenvalue weighted by atomic mass is 35.5. The number of nitrogens with one attached hydrogen (secondary N) is 1. The lowest BCUT2D eigenvalue weighted by Crippen LogP contribution is -2.04. The van der Waals surface area contributed by atoms with E-state index in [0.717, 1.165) is 0 Å². The van der Waals surface area contributed by atoms with Crippen molar-refractivity contribution in [3.05, 3.63) is 22.2 Å². The van der Waals surface area contributed by atoms with Crippen molar-refractivity contribution in [2.45, 2.75) is 13.5 Å². The first-order valence-electron chi connectivity index (χ1n) is 4.24. The number of hydrogen-bond donors (Lipinski definition) is 1. The van der Waals surface area contributed by atoms with Gasteiger partial charge in [0.1, 0.15) is 0 Å². The van der Waals surface area contributed by atoms with E-state index in [9.17, 15) is 0 Å². The maximum Gasteiger partial charge on any atom is 0.245 e. The minimum absolute atomic E-state index is 0.00797. The predicted octanol–water partition coefficient (Wildman–Crippen LogP) is 1.48. The van der Waals surface area contributed by atoms with Gasteiger partial charge in [-0.15, -0.1) is 10.2 Å². The summed E-state index contributed by atoms with van der Waals surface area (Å²) in [5, 5.41) is 13.7. The van der Waals surface area contributed by atoms with Crippen LogP contribution in [0.4, 0.5) is 5.82 Å². The zero-order valence-electron chi connectivity index (χ0n) is 8.11. The third-order valence-electron chi connectivity index (χ3n) is 1.60. The van der Waals surface area contributed by atoms with Crippen LogP contribution in [-0.2, 0) is 6.54 Å². The summed E-state index contributed by atoms with van der Waals surface area (Å²) in [5.41, 5.74) is 0. The lowest BCUT2D eigenvalue weighted by atomic mass is 10.6. The number of halogens is 2. The topological polar surface area (TPSA) is 89.6 Å². The predicted molar refractivity (Wildman–Crippen MR) is 56.2 cm³/mol. The number of hydrogen-bond acceptors (Lipinski definition) is 7. The van der Waals surface area contributed by atoms with Crippen molar-refractivity contribution >= 4 is 29.0 Å². The molecule has 16 heavy (non-hydrogen) atoms. The first-order valence-corrected chi connectivity index (χ1v) is 4.99. The molecule has 0 aromatic carbocycles. The SMILES string of the molecule is Cc1noc(CNc2nc(Cl)nnc2Cl)n1. The van der Waals surface area contributed by atoms with Gasteiger partial charge in [0.2, 0.25) is 11.2 Å². The second-order valence-corrected chi connectivity index (χ2v) is 3.51. The van der Waals surface area contributed by atoms with Crippen molar-refractivity contribution in [2.24, 2.45) is 0 Å². The van der Waals surface area contributed by atoms with Gasteiger partial charge in [0.25, 0.3) is 0 Å². The van der Waals surface area contributed by atoms with Crippen molar-refractivity contribution in [3.63, 3.8) is 0 Å². The molecule has 2 rings (SSSR count). The van der Waals surface area contributed by atoms with Crippen molar-refractivity contribution in [2.75, 3.05) is 5.32 Å². The van der Waals surface area contributed by atoms with Gasteiger partial charge in [0.05, 0.1) is 6.54 Å². The molecule has 84 valence electrons. The van der Waals surface area contributed by atoms with Crippen LogP contribution in [0.3, 0.4) is 0 Å². The Balaban J connectivity index is 2.07. The Kier molecular flexibility index (Phi) is 3.16. The summed E-state index contributed by atoms with van der Waals surface area (Å²) >= 11 is 11.3. The third kappa shape index (κ3) is 2.56. The van der Waals surface area contributed by atoms with Crippen LogP contribution >= 0.6 is 23.2 Å². The van der Waals surface area contributed by atoms with Gasteiger partial charge < -0.3 is 9.84 Å². The molecule has 0 radical (unpaired) electrons. The van der Waals surface area contributed by atoms with E-state index in [1.165, 1.54) is 0 Å². The number of rotatable bonds is 3. The van der Waals surface area contributed by atoms with E-state index in [4.69, 9.17) is 27.7 Å². The van der Waals surface area contributed by atoms with Crippen LogP contribution < -0.4 is 5.32 Å². The fraction of sp³-hybridized carbons (Fsp3) is 0.286. The number of nitrogens with zero attached hydrogens (tertiary/aromatic N) is 5.